The first-order chi connectivity index (χ1) is 14.8. The Morgan fingerprint density at radius 1 is 0.871 bits per heavy atom. The van der Waals surface area contributed by atoms with Crippen LogP contribution < -0.4 is 0 Å². The van der Waals surface area contributed by atoms with Crippen molar-refractivity contribution in [1.29, 1.82) is 0 Å². The maximum Gasteiger partial charge on any atom is 0.338 e. The van der Waals surface area contributed by atoms with Crippen molar-refractivity contribution in [2.45, 2.75) is 20.3 Å². The van der Waals surface area contributed by atoms with Gasteiger partial charge in [-0.05, 0) is 29.3 Å². The second-order valence-electron chi connectivity index (χ2n) is 8.51. The second-order valence-corrected chi connectivity index (χ2v) is 8.51. The van der Waals surface area contributed by atoms with Crippen molar-refractivity contribution in [3.05, 3.63) is 89.0 Å². The van der Waals surface area contributed by atoms with E-state index in [1.165, 1.54) is 6.07 Å². The minimum absolute atomic E-state index is 0.0263. The minimum atomic E-state index is -0.717. The molecular formula is C26H22O5. The van der Waals surface area contributed by atoms with E-state index in [-0.39, 0.29) is 29.9 Å². The van der Waals surface area contributed by atoms with Gasteiger partial charge in [0.2, 0.25) is 11.6 Å². The maximum atomic E-state index is 12.6. The summed E-state index contributed by atoms with van der Waals surface area (Å²) in [6.45, 7) is 3.66. The van der Waals surface area contributed by atoms with Crippen LogP contribution in [0.2, 0.25) is 0 Å². The molecule has 0 spiro atoms. The summed E-state index contributed by atoms with van der Waals surface area (Å²) in [4.78, 5) is 37.6. The highest BCUT2D eigenvalue weighted by Gasteiger charge is 2.36. The molecule has 5 heteroatoms. The van der Waals surface area contributed by atoms with Gasteiger partial charge >= 0.3 is 5.97 Å². The van der Waals surface area contributed by atoms with E-state index in [9.17, 15) is 19.5 Å². The lowest BCUT2D eigenvalue weighted by Crippen LogP contribution is -2.29. The van der Waals surface area contributed by atoms with Crippen LogP contribution >= 0.6 is 0 Å². The molecule has 0 saturated heterocycles. The molecule has 0 fully saturated rings. The molecular weight excluding hydrogens is 392 g/mol. The fraction of sp³-hybridized carbons (Fsp3) is 0.192. The molecule has 0 heterocycles. The number of ether oxygens (including phenoxy) is 1. The van der Waals surface area contributed by atoms with Crippen molar-refractivity contribution < 1.29 is 24.2 Å². The van der Waals surface area contributed by atoms with E-state index >= 15 is 0 Å². The van der Waals surface area contributed by atoms with Crippen LogP contribution in [0.5, 0.6) is 0 Å². The quantitative estimate of drug-likeness (QED) is 0.461. The summed E-state index contributed by atoms with van der Waals surface area (Å²) in [5.41, 5.74) is 0.378. The number of benzene rings is 3. The predicted octanol–water partition coefficient (Wildman–Crippen LogP) is 5.15. The van der Waals surface area contributed by atoms with E-state index in [4.69, 9.17) is 4.74 Å². The van der Waals surface area contributed by atoms with Gasteiger partial charge in [0.15, 0.2) is 0 Å². The number of aliphatic hydroxyl groups excluding tert-OH is 1. The molecule has 0 radical (unpaired) electrons. The van der Waals surface area contributed by atoms with E-state index in [2.05, 4.69) is 0 Å². The largest absolute Gasteiger partial charge is 0.507 e. The first-order valence-corrected chi connectivity index (χ1v) is 10.0. The Hall–Kier alpha value is -3.73. The first kappa shape index (κ1) is 20.5. The minimum Gasteiger partial charge on any atom is -0.507 e. The zero-order valence-corrected chi connectivity index (χ0v) is 17.3. The van der Waals surface area contributed by atoms with Crippen LogP contribution in [0.4, 0.5) is 0 Å². The Bertz CT molecular complexity index is 1250. The number of carbonyl (C=O) groups is 3. The lowest BCUT2D eigenvalue weighted by Gasteiger charge is -2.27. The molecule has 0 atom stereocenters. The van der Waals surface area contributed by atoms with Gasteiger partial charge in [-0.2, -0.15) is 0 Å². The SMILES string of the molecule is CC(C)(COC(=O)c1ccc2ccccc2c1)CC1=C(O)c2ccccc2C(=O)C1=O. The van der Waals surface area contributed by atoms with Crippen LogP contribution in [-0.4, -0.2) is 29.2 Å². The maximum absolute atomic E-state index is 12.6. The lowest BCUT2D eigenvalue weighted by molar-refractivity contribution is -0.112. The second kappa shape index (κ2) is 7.84. The van der Waals surface area contributed by atoms with Gasteiger partial charge < -0.3 is 9.84 Å². The van der Waals surface area contributed by atoms with Crippen LogP contribution in [0, 0.1) is 5.41 Å². The summed E-state index contributed by atoms with van der Waals surface area (Å²) in [6.07, 6.45) is 0.0999. The molecule has 1 aliphatic carbocycles. The summed E-state index contributed by atoms with van der Waals surface area (Å²) in [5.74, 6) is -2.00. The van der Waals surface area contributed by atoms with E-state index in [1.807, 2.05) is 44.2 Å². The summed E-state index contributed by atoms with van der Waals surface area (Å²) in [7, 11) is 0. The van der Waals surface area contributed by atoms with Gasteiger partial charge in [-0.1, -0.05) is 68.4 Å². The highest BCUT2D eigenvalue weighted by molar-refractivity contribution is 6.52. The highest BCUT2D eigenvalue weighted by Crippen LogP contribution is 2.35. The monoisotopic (exact) mass is 414 g/mol. The number of fused-ring (bicyclic) bond motifs is 2. The molecule has 1 aliphatic rings. The average molecular weight is 414 g/mol. The first-order valence-electron chi connectivity index (χ1n) is 10.0. The summed E-state index contributed by atoms with van der Waals surface area (Å²) < 4.78 is 5.51. The molecule has 31 heavy (non-hydrogen) atoms. The van der Waals surface area contributed by atoms with Crippen LogP contribution in [0.25, 0.3) is 16.5 Å². The van der Waals surface area contributed by atoms with E-state index < -0.39 is 23.0 Å². The third-order valence-corrected chi connectivity index (χ3v) is 5.43. The molecule has 3 aromatic rings. The number of hydrogen-bond acceptors (Lipinski definition) is 5. The van der Waals surface area contributed by atoms with E-state index in [1.54, 1.807) is 30.3 Å². The molecule has 0 unspecified atom stereocenters. The number of ketones is 2. The lowest BCUT2D eigenvalue weighted by atomic mass is 9.79. The van der Waals surface area contributed by atoms with Gasteiger partial charge in [0.05, 0.1) is 12.2 Å². The van der Waals surface area contributed by atoms with Gasteiger partial charge in [-0.15, -0.1) is 0 Å². The van der Waals surface area contributed by atoms with Crippen molar-refractivity contribution in [3.63, 3.8) is 0 Å². The number of carbonyl (C=O) groups excluding carboxylic acids is 3. The molecule has 1 N–H and O–H groups in total. The normalized spacial score (nSPS) is 14.0. The third-order valence-electron chi connectivity index (χ3n) is 5.43. The van der Waals surface area contributed by atoms with Crippen molar-refractivity contribution in [2.24, 2.45) is 5.41 Å². The standard InChI is InChI=1S/C26H22O5/c1-26(2,14-21-22(27)19-9-5-6-10-20(19)23(28)24(21)29)15-31-25(30)18-12-11-16-7-3-4-8-17(16)13-18/h3-13,27H,14-15H2,1-2H3. The van der Waals surface area contributed by atoms with Crippen molar-refractivity contribution >= 4 is 34.1 Å². The molecule has 5 nitrogen and oxygen atoms in total. The molecule has 0 bridgehead atoms. The van der Waals surface area contributed by atoms with Crippen molar-refractivity contribution in [3.8, 4) is 0 Å². The molecule has 0 aliphatic heterocycles. The highest BCUT2D eigenvalue weighted by atomic mass is 16.5. The van der Waals surface area contributed by atoms with Gasteiger partial charge in [-0.25, -0.2) is 4.79 Å². The molecule has 0 saturated carbocycles. The molecule has 3 aromatic carbocycles. The average Bonchev–Trinajstić information content (AvgIpc) is 2.78. The zero-order chi connectivity index (χ0) is 22.2. The van der Waals surface area contributed by atoms with E-state index in [0.29, 0.717) is 11.1 Å². The van der Waals surface area contributed by atoms with Crippen molar-refractivity contribution in [2.75, 3.05) is 6.61 Å². The Morgan fingerprint density at radius 3 is 2.26 bits per heavy atom. The van der Waals surface area contributed by atoms with Crippen LogP contribution in [0.3, 0.4) is 0 Å². The zero-order valence-electron chi connectivity index (χ0n) is 17.3. The van der Waals surface area contributed by atoms with Crippen LogP contribution in [0.1, 0.15) is 46.5 Å². The Balaban J connectivity index is 1.50. The molecule has 156 valence electrons. The number of rotatable bonds is 5. The van der Waals surface area contributed by atoms with Gasteiger partial charge in [-0.3, -0.25) is 9.59 Å². The number of allylic oxidation sites excluding steroid dienone is 1. The third kappa shape index (κ3) is 3.99. The Kier molecular flexibility index (Phi) is 5.19. The topological polar surface area (TPSA) is 80.7 Å². The van der Waals surface area contributed by atoms with Gasteiger partial charge in [0, 0.05) is 22.1 Å². The predicted molar refractivity (Wildman–Crippen MR) is 118 cm³/mol. The fourth-order valence-electron chi connectivity index (χ4n) is 3.77. The Morgan fingerprint density at radius 2 is 1.52 bits per heavy atom. The smallest absolute Gasteiger partial charge is 0.338 e. The number of aliphatic hydroxyl groups is 1. The van der Waals surface area contributed by atoms with Crippen LogP contribution in [0.15, 0.2) is 72.3 Å². The number of Topliss-reactive ketones (excluding diaryl/α,β-unsaturated/α-hetero) is 2. The molecule has 0 aromatic heterocycles. The molecule has 4 rings (SSSR count). The summed E-state index contributed by atoms with van der Waals surface area (Å²) in [6, 6.07) is 19.6. The fourth-order valence-corrected chi connectivity index (χ4v) is 3.77. The summed E-state index contributed by atoms with van der Waals surface area (Å²) >= 11 is 0. The number of esters is 1. The van der Waals surface area contributed by atoms with Gasteiger partial charge in [0.1, 0.15) is 5.76 Å². The van der Waals surface area contributed by atoms with Crippen LogP contribution in [-0.2, 0) is 9.53 Å². The Labute approximate surface area is 180 Å². The molecule has 0 amide bonds. The van der Waals surface area contributed by atoms with Crippen molar-refractivity contribution in [1.82, 2.24) is 0 Å². The van der Waals surface area contributed by atoms with E-state index in [0.717, 1.165) is 10.8 Å². The summed E-state index contributed by atoms with van der Waals surface area (Å²) in [5, 5.41) is 12.6. The number of hydrogen-bond donors (Lipinski definition) is 1. The van der Waals surface area contributed by atoms with Gasteiger partial charge in [0.25, 0.3) is 0 Å².